The van der Waals surface area contributed by atoms with E-state index in [9.17, 15) is 5.11 Å². The smallest absolute Gasteiger partial charge is 0.281 e. The van der Waals surface area contributed by atoms with Crippen LogP contribution < -0.4 is 18.9 Å². The third kappa shape index (κ3) is 5.50. The lowest BCUT2D eigenvalue weighted by Crippen LogP contribution is -2.45. The minimum absolute atomic E-state index is 0.126. The SMILES string of the molecule is CC1(C)CCCC2(C)CC3=C(CC12)OC1Oc2c4ccc(c2OC31)Oc1cccc(c1)CCc1ccc(O)c(c1)Oc1ccc(cc1)CC4. The summed E-state index contributed by atoms with van der Waals surface area (Å²) in [6.45, 7) is 7.36. The number of phenolic OH excluding ortho intramolecular Hbond substituents is 1. The second kappa shape index (κ2) is 11.5. The van der Waals surface area contributed by atoms with Crippen LogP contribution in [0, 0.1) is 16.7 Å². The quantitative estimate of drug-likeness (QED) is 0.203. The van der Waals surface area contributed by atoms with Crippen molar-refractivity contribution in [1.29, 1.82) is 0 Å². The van der Waals surface area contributed by atoms with E-state index in [1.165, 1.54) is 30.4 Å². The van der Waals surface area contributed by atoms with Gasteiger partial charge in [-0.25, -0.2) is 0 Å². The lowest BCUT2D eigenvalue weighted by molar-refractivity contribution is -0.0982. The number of fused-ring (bicyclic) bond motifs is 3. The molecule has 8 bridgehead atoms. The van der Waals surface area contributed by atoms with Gasteiger partial charge in [-0.1, -0.05) is 63.6 Å². The van der Waals surface area contributed by atoms with Gasteiger partial charge in [-0.15, -0.1) is 0 Å². The standard InChI is InChI=1S/C43H44O6/c1-42(2)20-5-21-43(3)25-32-35(24-37(42)43)47-41-39(32)48-40-34-19-15-29(38(40)49-41)14-10-26-11-16-30(17-12-26)45-36-23-28(13-18-33(36)44)9-8-27-6-4-7-31(22-27)46-34/h4,6-7,11-13,15-19,22-23,37,39,41,44H,5,8-10,14,20-21,24-25H2,1-3H3. The Morgan fingerprint density at radius 2 is 1.45 bits per heavy atom. The van der Waals surface area contributed by atoms with Crippen LogP contribution in [0.4, 0.5) is 0 Å². The summed E-state index contributed by atoms with van der Waals surface area (Å²) in [4.78, 5) is 0. The van der Waals surface area contributed by atoms with Gasteiger partial charge in [0.05, 0.1) is 0 Å². The van der Waals surface area contributed by atoms with E-state index < -0.39 is 6.29 Å². The highest BCUT2D eigenvalue weighted by atomic mass is 16.7. The van der Waals surface area contributed by atoms with Crippen molar-refractivity contribution in [3.05, 3.63) is 112 Å². The molecule has 4 aromatic rings. The van der Waals surface area contributed by atoms with Crippen molar-refractivity contribution < 1.29 is 28.8 Å². The Morgan fingerprint density at radius 3 is 2.31 bits per heavy atom. The van der Waals surface area contributed by atoms with Crippen LogP contribution in [0.5, 0.6) is 40.2 Å². The number of ether oxygens (including phenoxy) is 5. The van der Waals surface area contributed by atoms with Gasteiger partial charge in [0.15, 0.2) is 29.1 Å². The zero-order valence-corrected chi connectivity index (χ0v) is 28.6. The fraction of sp³-hybridized carbons (Fsp3) is 0.395. The second-order valence-corrected chi connectivity index (χ2v) is 15.7. The molecule has 0 radical (unpaired) electrons. The van der Waals surface area contributed by atoms with Gasteiger partial charge < -0.3 is 28.8 Å². The van der Waals surface area contributed by atoms with E-state index in [1.54, 1.807) is 6.07 Å². The first-order valence-corrected chi connectivity index (χ1v) is 17.9. The van der Waals surface area contributed by atoms with Gasteiger partial charge in [0.25, 0.3) is 6.29 Å². The molecule has 4 aromatic carbocycles. The Kier molecular flexibility index (Phi) is 7.15. The summed E-state index contributed by atoms with van der Waals surface area (Å²) in [6.07, 6.45) is 8.06. The van der Waals surface area contributed by atoms with E-state index >= 15 is 0 Å². The Morgan fingerprint density at radius 1 is 0.673 bits per heavy atom. The first-order chi connectivity index (χ1) is 23.7. The molecular formula is C43H44O6. The maximum absolute atomic E-state index is 10.5. The number of rotatable bonds is 0. The van der Waals surface area contributed by atoms with Crippen molar-refractivity contribution in [2.75, 3.05) is 0 Å². The number of hydrogen-bond acceptors (Lipinski definition) is 6. The van der Waals surface area contributed by atoms with Crippen molar-refractivity contribution in [3.63, 3.8) is 0 Å². The van der Waals surface area contributed by atoms with Crippen LogP contribution in [0.25, 0.3) is 0 Å². The predicted octanol–water partition coefficient (Wildman–Crippen LogP) is 10.2. The molecule has 1 fully saturated rings. The Bertz CT molecular complexity index is 1960. The third-order valence-corrected chi connectivity index (χ3v) is 11.9. The van der Waals surface area contributed by atoms with Crippen molar-refractivity contribution in [3.8, 4) is 40.2 Å². The van der Waals surface area contributed by atoms with Crippen LogP contribution in [-0.2, 0) is 30.4 Å². The normalized spacial score (nSPS) is 26.4. The van der Waals surface area contributed by atoms with Crippen molar-refractivity contribution in [1.82, 2.24) is 0 Å². The Labute approximate surface area is 288 Å². The van der Waals surface area contributed by atoms with Gasteiger partial charge in [0, 0.05) is 12.0 Å². The number of aryl methyl sites for hydroxylation is 4. The molecule has 2 aliphatic carbocycles. The monoisotopic (exact) mass is 656 g/mol. The van der Waals surface area contributed by atoms with Crippen molar-refractivity contribution in [2.45, 2.75) is 91.0 Å². The summed E-state index contributed by atoms with van der Waals surface area (Å²) < 4.78 is 33.2. The Balaban J connectivity index is 1.07. The Hall–Kier alpha value is -4.58. The minimum Gasteiger partial charge on any atom is -0.504 e. The van der Waals surface area contributed by atoms with Gasteiger partial charge in [-0.3, -0.25) is 0 Å². The molecule has 49 heavy (non-hydrogen) atoms. The van der Waals surface area contributed by atoms with Crippen molar-refractivity contribution in [2.24, 2.45) is 16.7 Å². The van der Waals surface area contributed by atoms with E-state index in [4.69, 9.17) is 23.7 Å². The number of allylic oxidation sites excluding steroid dienone is 1. The van der Waals surface area contributed by atoms with E-state index in [0.29, 0.717) is 34.7 Å². The van der Waals surface area contributed by atoms with Crippen LogP contribution >= 0.6 is 0 Å². The number of hydrogen-bond donors (Lipinski definition) is 1. The molecule has 0 spiro atoms. The molecule has 6 heterocycles. The molecule has 0 saturated heterocycles. The van der Waals surface area contributed by atoms with Gasteiger partial charge >= 0.3 is 0 Å². The zero-order chi connectivity index (χ0) is 33.3. The molecule has 6 heteroatoms. The predicted molar refractivity (Wildman–Crippen MR) is 188 cm³/mol. The summed E-state index contributed by atoms with van der Waals surface area (Å²) in [5.41, 5.74) is 6.25. The molecule has 6 nitrogen and oxygen atoms in total. The second-order valence-electron chi connectivity index (χ2n) is 15.7. The largest absolute Gasteiger partial charge is 0.504 e. The molecule has 6 aliphatic heterocycles. The fourth-order valence-electron chi connectivity index (χ4n) is 9.24. The van der Waals surface area contributed by atoms with Gasteiger partial charge in [-0.05, 0) is 126 Å². The highest BCUT2D eigenvalue weighted by Crippen LogP contribution is 2.62. The van der Waals surface area contributed by atoms with E-state index in [-0.39, 0.29) is 22.7 Å². The topological polar surface area (TPSA) is 66.4 Å². The van der Waals surface area contributed by atoms with E-state index in [0.717, 1.165) is 66.7 Å². The summed E-state index contributed by atoms with van der Waals surface area (Å²) in [7, 11) is 0. The van der Waals surface area contributed by atoms with Crippen LogP contribution in [-0.4, -0.2) is 17.5 Å². The lowest BCUT2D eigenvalue weighted by Gasteiger charge is -2.53. The van der Waals surface area contributed by atoms with Gasteiger partial charge in [0.2, 0.25) is 5.75 Å². The molecule has 8 aliphatic rings. The molecular weight excluding hydrogens is 612 g/mol. The molecule has 1 N–H and O–H groups in total. The molecule has 4 atom stereocenters. The van der Waals surface area contributed by atoms with Crippen molar-refractivity contribution >= 4 is 0 Å². The molecule has 4 unspecified atom stereocenters. The maximum atomic E-state index is 10.5. The van der Waals surface area contributed by atoms with E-state index in [1.807, 2.05) is 42.5 Å². The van der Waals surface area contributed by atoms with Crippen LogP contribution in [0.15, 0.2) is 90.2 Å². The summed E-state index contributed by atoms with van der Waals surface area (Å²) in [5.74, 6) is 5.70. The first kappa shape index (κ1) is 30.5. The number of phenols is 1. The summed E-state index contributed by atoms with van der Waals surface area (Å²) in [5, 5.41) is 10.5. The number of benzene rings is 4. The lowest BCUT2D eigenvalue weighted by atomic mass is 9.51. The zero-order valence-electron chi connectivity index (χ0n) is 28.6. The average molecular weight is 657 g/mol. The fourth-order valence-corrected chi connectivity index (χ4v) is 9.24. The maximum Gasteiger partial charge on any atom is 0.281 e. The molecule has 1 saturated carbocycles. The highest BCUT2D eigenvalue weighted by Gasteiger charge is 2.55. The summed E-state index contributed by atoms with van der Waals surface area (Å²) in [6, 6.07) is 26.0. The highest BCUT2D eigenvalue weighted by molar-refractivity contribution is 5.59. The third-order valence-electron chi connectivity index (χ3n) is 11.9. The number of aromatic hydroxyl groups is 1. The molecule has 0 aromatic heterocycles. The molecule has 12 rings (SSSR count). The average Bonchev–Trinajstić information content (AvgIpc) is 3.43. The summed E-state index contributed by atoms with van der Waals surface area (Å²) >= 11 is 0. The molecule has 252 valence electrons. The minimum atomic E-state index is -0.503. The first-order valence-electron chi connectivity index (χ1n) is 17.9. The van der Waals surface area contributed by atoms with Crippen LogP contribution in [0.2, 0.25) is 0 Å². The molecule has 0 amide bonds. The van der Waals surface area contributed by atoms with E-state index in [2.05, 4.69) is 51.1 Å². The van der Waals surface area contributed by atoms with Gasteiger partial charge in [-0.2, -0.15) is 0 Å². The van der Waals surface area contributed by atoms with Crippen LogP contribution in [0.1, 0.15) is 75.1 Å². The van der Waals surface area contributed by atoms with Crippen LogP contribution in [0.3, 0.4) is 0 Å². The van der Waals surface area contributed by atoms with Gasteiger partial charge in [0.1, 0.15) is 17.3 Å².